The maximum absolute atomic E-state index is 13.1. The van der Waals surface area contributed by atoms with Crippen LogP contribution < -0.4 is 5.56 Å². The molecule has 3 aromatic rings. The van der Waals surface area contributed by atoms with Gasteiger partial charge in [0, 0.05) is 23.0 Å². The fourth-order valence-electron chi connectivity index (χ4n) is 4.08. The Kier molecular flexibility index (Phi) is 4.17. The van der Waals surface area contributed by atoms with Gasteiger partial charge in [0.15, 0.2) is 0 Å². The van der Waals surface area contributed by atoms with Crippen LogP contribution in [0, 0.1) is 0 Å². The summed E-state index contributed by atoms with van der Waals surface area (Å²) >= 11 is 1.56. The fraction of sp³-hybridized carbons (Fsp3) is 0.435. The van der Waals surface area contributed by atoms with Crippen molar-refractivity contribution in [3.8, 4) is 0 Å². The van der Waals surface area contributed by atoms with E-state index in [-0.39, 0.29) is 16.9 Å². The summed E-state index contributed by atoms with van der Waals surface area (Å²) in [6.45, 7) is 7.70. The van der Waals surface area contributed by atoms with E-state index in [4.69, 9.17) is 0 Å². The molecule has 5 nitrogen and oxygen atoms in total. The lowest BCUT2D eigenvalue weighted by Gasteiger charge is -2.27. The first-order valence-electron chi connectivity index (χ1n) is 10.2. The van der Waals surface area contributed by atoms with Crippen molar-refractivity contribution in [2.45, 2.75) is 58.0 Å². The Hall–Kier alpha value is -2.47. The van der Waals surface area contributed by atoms with Gasteiger partial charge in [0.25, 0.3) is 11.5 Å². The van der Waals surface area contributed by atoms with Crippen LogP contribution in [0.25, 0.3) is 10.2 Å². The molecule has 1 fully saturated rings. The van der Waals surface area contributed by atoms with Crippen LogP contribution in [0.2, 0.25) is 0 Å². The SMILES string of the molecule is CC(C)(C)c1ccc(C(=O)N2CCc3c(sc4ncn(C5CC5)c(=O)c34)C2)cc1. The number of fused-ring (bicyclic) bond motifs is 3. The van der Waals surface area contributed by atoms with Crippen molar-refractivity contribution in [3.05, 3.63) is 62.5 Å². The maximum Gasteiger partial charge on any atom is 0.262 e. The zero-order valence-corrected chi connectivity index (χ0v) is 17.9. The average molecular weight is 408 g/mol. The molecule has 0 unspecified atom stereocenters. The van der Waals surface area contributed by atoms with E-state index in [0.29, 0.717) is 25.6 Å². The topological polar surface area (TPSA) is 55.2 Å². The Morgan fingerprint density at radius 1 is 1.17 bits per heavy atom. The van der Waals surface area contributed by atoms with Gasteiger partial charge in [-0.2, -0.15) is 0 Å². The van der Waals surface area contributed by atoms with Gasteiger partial charge >= 0.3 is 0 Å². The molecule has 0 bridgehead atoms. The molecule has 0 spiro atoms. The normalized spacial score (nSPS) is 16.9. The van der Waals surface area contributed by atoms with Gasteiger partial charge in [0.05, 0.1) is 18.3 Å². The molecule has 29 heavy (non-hydrogen) atoms. The zero-order chi connectivity index (χ0) is 20.3. The fourth-order valence-corrected chi connectivity index (χ4v) is 5.27. The first-order chi connectivity index (χ1) is 13.8. The number of benzene rings is 1. The second-order valence-electron chi connectivity index (χ2n) is 9.18. The van der Waals surface area contributed by atoms with E-state index in [0.717, 1.165) is 39.1 Å². The molecule has 1 aromatic carbocycles. The maximum atomic E-state index is 13.1. The summed E-state index contributed by atoms with van der Waals surface area (Å²) in [5.74, 6) is 0.0527. The van der Waals surface area contributed by atoms with Crippen LogP contribution in [-0.4, -0.2) is 26.9 Å². The summed E-state index contributed by atoms with van der Waals surface area (Å²) in [6.07, 6.45) is 4.54. The van der Waals surface area contributed by atoms with Gasteiger partial charge in [-0.1, -0.05) is 32.9 Å². The van der Waals surface area contributed by atoms with Crippen LogP contribution in [0.3, 0.4) is 0 Å². The summed E-state index contributed by atoms with van der Waals surface area (Å²) in [5, 5.41) is 0.779. The minimum atomic E-state index is 0.0527. The Balaban J connectivity index is 1.43. The Bertz CT molecular complexity index is 1160. The molecule has 1 saturated carbocycles. The number of thiophene rings is 1. The Morgan fingerprint density at radius 2 is 1.90 bits per heavy atom. The van der Waals surface area contributed by atoms with E-state index >= 15 is 0 Å². The predicted molar refractivity (Wildman–Crippen MR) is 116 cm³/mol. The van der Waals surface area contributed by atoms with E-state index in [1.807, 2.05) is 29.2 Å². The van der Waals surface area contributed by atoms with Gasteiger partial charge in [-0.15, -0.1) is 11.3 Å². The van der Waals surface area contributed by atoms with Crippen LogP contribution in [0.1, 0.15) is 66.0 Å². The molecule has 0 N–H and O–H groups in total. The van der Waals surface area contributed by atoms with Crippen molar-refractivity contribution in [2.75, 3.05) is 6.54 Å². The van der Waals surface area contributed by atoms with Gasteiger partial charge in [0.1, 0.15) is 4.83 Å². The monoisotopic (exact) mass is 407 g/mol. The molecule has 3 heterocycles. The number of hydrogen-bond acceptors (Lipinski definition) is 4. The number of nitrogens with zero attached hydrogens (tertiary/aromatic N) is 3. The lowest BCUT2D eigenvalue weighted by molar-refractivity contribution is 0.0737. The van der Waals surface area contributed by atoms with Crippen LogP contribution in [-0.2, 0) is 18.4 Å². The van der Waals surface area contributed by atoms with E-state index in [1.54, 1.807) is 22.2 Å². The summed E-state index contributed by atoms with van der Waals surface area (Å²) in [7, 11) is 0. The van der Waals surface area contributed by atoms with Crippen molar-refractivity contribution < 1.29 is 4.79 Å². The number of aromatic nitrogens is 2. The molecule has 5 rings (SSSR count). The molecular formula is C23H25N3O2S. The quantitative estimate of drug-likeness (QED) is 0.637. The smallest absolute Gasteiger partial charge is 0.262 e. The predicted octanol–water partition coefficient (Wildman–Crippen LogP) is 4.29. The average Bonchev–Trinajstić information content (AvgIpc) is 3.46. The second kappa shape index (κ2) is 6.52. The molecule has 6 heteroatoms. The zero-order valence-electron chi connectivity index (χ0n) is 17.1. The molecular weight excluding hydrogens is 382 g/mol. The standard InChI is InChI=1S/C23H25N3O2S/c1-23(2,3)15-6-4-14(5-7-15)21(27)25-11-10-17-18(12-25)29-20-19(17)22(28)26(13-24-20)16-8-9-16/h4-7,13,16H,8-12H2,1-3H3. The van der Waals surface area contributed by atoms with E-state index in [9.17, 15) is 9.59 Å². The van der Waals surface area contributed by atoms with Crippen LogP contribution in [0.4, 0.5) is 0 Å². The van der Waals surface area contributed by atoms with Crippen molar-refractivity contribution in [3.63, 3.8) is 0 Å². The van der Waals surface area contributed by atoms with Gasteiger partial charge in [0.2, 0.25) is 0 Å². The lowest BCUT2D eigenvalue weighted by atomic mass is 9.86. The molecule has 2 aromatic heterocycles. The third-order valence-corrected chi connectivity index (χ3v) is 7.14. The first-order valence-corrected chi connectivity index (χ1v) is 11.1. The largest absolute Gasteiger partial charge is 0.333 e. The summed E-state index contributed by atoms with van der Waals surface area (Å²) in [5.41, 5.74) is 3.20. The summed E-state index contributed by atoms with van der Waals surface area (Å²) in [6, 6.07) is 8.28. The van der Waals surface area contributed by atoms with Gasteiger partial charge in [-0.25, -0.2) is 4.98 Å². The van der Waals surface area contributed by atoms with Crippen LogP contribution >= 0.6 is 11.3 Å². The van der Waals surface area contributed by atoms with Gasteiger partial charge < -0.3 is 4.90 Å². The van der Waals surface area contributed by atoms with E-state index in [1.165, 1.54) is 5.56 Å². The highest BCUT2D eigenvalue weighted by molar-refractivity contribution is 7.18. The third kappa shape index (κ3) is 3.19. The number of carbonyl (C=O) groups is 1. The molecule has 1 aliphatic heterocycles. The molecule has 1 amide bonds. The Labute approximate surface area is 174 Å². The molecule has 1 aliphatic carbocycles. The van der Waals surface area contributed by atoms with Crippen LogP contribution in [0.15, 0.2) is 35.4 Å². The first kappa shape index (κ1) is 18.6. The van der Waals surface area contributed by atoms with Gasteiger partial charge in [-0.05, 0) is 47.9 Å². The molecule has 0 atom stereocenters. The highest BCUT2D eigenvalue weighted by Gasteiger charge is 2.30. The number of carbonyl (C=O) groups excluding carboxylic acids is 1. The number of amides is 1. The second-order valence-corrected chi connectivity index (χ2v) is 10.3. The molecule has 0 radical (unpaired) electrons. The van der Waals surface area contributed by atoms with Crippen molar-refractivity contribution in [2.24, 2.45) is 0 Å². The third-order valence-electron chi connectivity index (χ3n) is 6.01. The molecule has 0 saturated heterocycles. The highest BCUT2D eigenvalue weighted by Crippen LogP contribution is 2.36. The minimum absolute atomic E-state index is 0.0527. The van der Waals surface area contributed by atoms with E-state index < -0.39 is 0 Å². The van der Waals surface area contributed by atoms with Crippen LogP contribution in [0.5, 0.6) is 0 Å². The molecule has 2 aliphatic rings. The van der Waals surface area contributed by atoms with E-state index in [2.05, 4.69) is 25.8 Å². The molecule has 150 valence electrons. The number of hydrogen-bond donors (Lipinski definition) is 0. The number of rotatable bonds is 2. The van der Waals surface area contributed by atoms with Crippen molar-refractivity contribution in [1.82, 2.24) is 14.5 Å². The Morgan fingerprint density at radius 3 is 2.55 bits per heavy atom. The van der Waals surface area contributed by atoms with Crippen molar-refractivity contribution in [1.29, 1.82) is 0 Å². The van der Waals surface area contributed by atoms with Gasteiger partial charge in [-0.3, -0.25) is 14.2 Å². The summed E-state index contributed by atoms with van der Waals surface area (Å²) < 4.78 is 1.80. The lowest BCUT2D eigenvalue weighted by Crippen LogP contribution is -2.35. The summed E-state index contributed by atoms with van der Waals surface area (Å²) in [4.78, 5) is 34.3. The minimum Gasteiger partial charge on any atom is -0.333 e. The van der Waals surface area contributed by atoms with Crippen molar-refractivity contribution >= 4 is 27.5 Å². The highest BCUT2D eigenvalue weighted by atomic mass is 32.1.